The molecule has 1 heterocycles. The number of benzene rings is 1. The third-order valence-electron chi connectivity index (χ3n) is 1.89. The zero-order valence-electron chi connectivity index (χ0n) is 8.43. The predicted octanol–water partition coefficient (Wildman–Crippen LogP) is 3.00. The van der Waals surface area contributed by atoms with Gasteiger partial charge in [0.15, 0.2) is 11.4 Å². The summed E-state index contributed by atoms with van der Waals surface area (Å²) in [7, 11) is 0. The lowest BCUT2D eigenvalue weighted by Gasteiger charge is -2.05. The normalized spacial score (nSPS) is 10.0. The van der Waals surface area contributed by atoms with E-state index >= 15 is 0 Å². The summed E-state index contributed by atoms with van der Waals surface area (Å²) in [6.07, 6.45) is 4.17. The Labute approximate surface area is 107 Å². The van der Waals surface area contributed by atoms with Crippen LogP contribution in [0.3, 0.4) is 0 Å². The van der Waals surface area contributed by atoms with Gasteiger partial charge in [0, 0.05) is 12.4 Å². The molecule has 0 bridgehead atoms. The Hall–Kier alpha value is -1.65. The molecule has 0 aliphatic rings. The molecule has 17 heavy (non-hydrogen) atoms. The van der Waals surface area contributed by atoms with Gasteiger partial charge >= 0.3 is 5.97 Å². The van der Waals surface area contributed by atoms with E-state index in [1.807, 2.05) is 0 Å². The SMILES string of the molecule is O=C(Oc1cccc(Cl)c1Cl)c1cnccn1. The molecule has 6 heteroatoms. The van der Waals surface area contributed by atoms with Gasteiger partial charge in [0.2, 0.25) is 0 Å². The Kier molecular flexibility index (Phi) is 3.56. The van der Waals surface area contributed by atoms with E-state index in [2.05, 4.69) is 9.97 Å². The Balaban J connectivity index is 2.22. The highest BCUT2D eigenvalue weighted by Gasteiger charge is 2.13. The molecule has 0 saturated carbocycles. The number of halogens is 2. The monoisotopic (exact) mass is 268 g/mol. The summed E-state index contributed by atoms with van der Waals surface area (Å²) < 4.78 is 5.05. The number of esters is 1. The van der Waals surface area contributed by atoms with Gasteiger partial charge in [-0.1, -0.05) is 29.3 Å². The quantitative estimate of drug-likeness (QED) is 0.621. The van der Waals surface area contributed by atoms with E-state index in [0.29, 0.717) is 5.02 Å². The first kappa shape index (κ1) is 11.8. The molecule has 0 amide bonds. The Morgan fingerprint density at radius 1 is 1.24 bits per heavy atom. The van der Waals surface area contributed by atoms with Crippen LogP contribution < -0.4 is 4.74 Å². The van der Waals surface area contributed by atoms with Crippen molar-refractivity contribution in [2.24, 2.45) is 0 Å². The highest BCUT2D eigenvalue weighted by molar-refractivity contribution is 6.43. The molecule has 4 nitrogen and oxygen atoms in total. The molecule has 0 radical (unpaired) electrons. The summed E-state index contributed by atoms with van der Waals surface area (Å²) in [5.74, 6) is -0.447. The first-order valence-corrected chi connectivity index (χ1v) is 5.36. The smallest absolute Gasteiger partial charge is 0.363 e. The molecule has 2 rings (SSSR count). The van der Waals surface area contributed by atoms with Gasteiger partial charge in [-0.05, 0) is 12.1 Å². The number of hydrogen-bond acceptors (Lipinski definition) is 4. The van der Waals surface area contributed by atoms with E-state index in [-0.39, 0.29) is 16.5 Å². The first-order valence-electron chi connectivity index (χ1n) is 4.60. The van der Waals surface area contributed by atoms with Gasteiger partial charge in [-0.25, -0.2) is 9.78 Å². The maximum absolute atomic E-state index is 11.7. The molecule has 0 atom stereocenters. The number of nitrogens with zero attached hydrogens (tertiary/aromatic N) is 2. The number of carbonyl (C=O) groups excluding carboxylic acids is 1. The molecule has 0 N–H and O–H groups in total. The fraction of sp³-hybridized carbons (Fsp3) is 0. The van der Waals surface area contributed by atoms with Gasteiger partial charge < -0.3 is 4.74 Å². The number of ether oxygens (including phenoxy) is 1. The maximum Gasteiger partial charge on any atom is 0.363 e. The minimum Gasteiger partial charge on any atom is -0.420 e. The van der Waals surface area contributed by atoms with Crippen LogP contribution in [0.25, 0.3) is 0 Å². The van der Waals surface area contributed by atoms with Crippen molar-refractivity contribution in [2.45, 2.75) is 0 Å². The largest absolute Gasteiger partial charge is 0.420 e. The van der Waals surface area contributed by atoms with Crippen molar-refractivity contribution in [2.75, 3.05) is 0 Å². The molecular weight excluding hydrogens is 263 g/mol. The average Bonchev–Trinajstić information content (AvgIpc) is 2.36. The molecular formula is C11H6Cl2N2O2. The van der Waals surface area contributed by atoms with Crippen LogP contribution in [-0.4, -0.2) is 15.9 Å². The van der Waals surface area contributed by atoms with Crippen molar-refractivity contribution < 1.29 is 9.53 Å². The first-order chi connectivity index (χ1) is 8.18. The summed E-state index contributed by atoms with van der Waals surface area (Å²) in [4.78, 5) is 19.2. The standard InChI is InChI=1S/C11H6Cl2N2O2/c12-7-2-1-3-9(10(7)13)17-11(16)8-6-14-4-5-15-8/h1-6H. The van der Waals surface area contributed by atoms with Crippen LogP contribution in [0.1, 0.15) is 10.5 Å². The molecule has 86 valence electrons. The van der Waals surface area contributed by atoms with Crippen molar-refractivity contribution in [3.05, 3.63) is 52.5 Å². The third kappa shape index (κ3) is 2.72. The highest BCUT2D eigenvalue weighted by atomic mass is 35.5. The maximum atomic E-state index is 11.7. The zero-order valence-corrected chi connectivity index (χ0v) is 9.94. The number of aromatic nitrogens is 2. The molecule has 0 unspecified atom stereocenters. The van der Waals surface area contributed by atoms with E-state index in [4.69, 9.17) is 27.9 Å². The van der Waals surface area contributed by atoms with E-state index in [1.165, 1.54) is 18.6 Å². The second kappa shape index (κ2) is 5.12. The molecule has 1 aromatic heterocycles. The van der Waals surface area contributed by atoms with Crippen LogP contribution in [-0.2, 0) is 0 Å². The number of hydrogen-bond donors (Lipinski definition) is 0. The second-order valence-corrected chi connectivity index (χ2v) is 3.82. The lowest BCUT2D eigenvalue weighted by molar-refractivity contribution is 0.0728. The molecule has 2 aromatic rings. The Bertz CT molecular complexity index is 546. The van der Waals surface area contributed by atoms with Gasteiger partial charge in [-0.15, -0.1) is 0 Å². The average molecular weight is 269 g/mol. The van der Waals surface area contributed by atoms with Crippen LogP contribution in [0, 0.1) is 0 Å². The summed E-state index contributed by atoms with van der Waals surface area (Å²) in [6, 6.07) is 4.78. The third-order valence-corrected chi connectivity index (χ3v) is 2.69. The van der Waals surface area contributed by atoms with Crippen molar-refractivity contribution in [1.29, 1.82) is 0 Å². The highest BCUT2D eigenvalue weighted by Crippen LogP contribution is 2.31. The minimum absolute atomic E-state index is 0.101. The molecule has 0 saturated heterocycles. The summed E-state index contributed by atoms with van der Waals surface area (Å²) in [5, 5.41) is 0.502. The second-order valence-electron chi connectivity index (χ2n) is 3.03. The molecule has 0 aliphatic carbocycles. The Morgan fingerprint density at radius 2 is 2.06 bits per heavy atom. The minimum atomic E-state index is -0.637. The fourth-order valence-electron chi connectivity index (χ4n) is 1.12. The predicted molar refractivity (Wildman–Crippen MR) is 63.5 cm³/mol. The van der Waals surface area contributed by atoms with Crippen LogP contribution in [0.4, 0.5) is 0 Å². The van der Waals surface area contributed by atoms with Crippen molar-refractivity contribution in [3.8, 4) is 5.75 Å². The summed E-state index contributed by atoms with van der Waals surface area (Å²) in [5.41, 5.74) is 0.101. The molecule has 0 aliphatic heterocycles. The van der Waals surface area contributed by atoms with Crippen LogP contribution >= 0.6 is 23.2 Å². The van der Waals surface area contributed by atoms with Crippen molar-refractivity contribution in [3.63, 3.8) is 0 Å². The van der Waals surface area contributed by atoms with Crippen LogP contribution in [0.15, 0.2) is 36.8 Å². The Morgan fingerprint density at radius 3 is 2.76 bits per heavy atom. The van der Waals surface area contributed by atoms with E-state index < -0.39 is 5.97 Å². The molecule has 0 fully saturated rings. The van der Waals surface area contributed by atoms with E-state index in [1.54, 1.807) is 18.2 Å². The van der Waals surface area contributed by atoms with E-state index in [9.17, 15) is 4.79 Å². The van der Waals surface area contributed by atoms with Gasteiger partial charge in [0.25, 0.3) is 0 Å². The lowest BCUT2D eigenvalue weighted by Crippen LogP contribution is -2.10. The van der Waals surface area contributed by atoms with Gasteiger partial charge in [-0.2, -0.15) is 0 Å². The van der Waals surface area contributed by atoms with Crippen molar-refractivity contribution >= 4 is 29.2 Å². The number of rotatable bonds is 2. The summed E-state index contributed by atoms with van der Waals surface area (Å²) in [6.45, 7) is 0. The van der Waals surface area contributed by atoms with Gasteiger partial charge in [0.1, 0.15) is 5.02 Å². The van der Waals surface area contributed by atoms with Crippen LogP contribution in [0.5, 0.6) is 5.75 Å². The lowest BCUT2D eigenvalue weighted by atomic mass is 10.3. The molecule has 1 aromatic carbocycles. The fourth-order valence-corrected chi connectivity index (χ4v) is 1.45. The topological polar surface area (TPSA) is 52.1 Å². The number of carbonyl (C=O) groups is 1. The van der Waals surface area contributed by atoms with Gasteiger partial charge in [-0.3, -0.25) is 4.98 Å². The zero-order chi connectivity index (χ0) is 12.3. The molecule has 0 spiro atoms. The van der Waals surface area contributed by atoms with Gasteiger partial charge in [0.05, 0.1) is 11.2 Å². The van der Waals surface area contributed by atoms with E-state index in [0.717, 1.165) is 0 Å². The van der Waals surface area contributed by atoms with Crippen LogP contribution in [0.2, 0.25) is 10.0 Å². The summed E-state index contributed by atoms with van der Waals surface area (Å²) >= 11 is 11.7. The van der Waals surface area contributed by atoms with Crippen molar-refractivity contribution in [1.82, 2.24) is 9.97 Å².